The normalized spacial score (nSPS) is 17.0. The molecule has 2 amide bonds. The van der Waals surface area contributed by atoms with Gasteiger partial charge in [-0.05, 0) is 29.8 Å². The minimum atomic E-state index is -3.99. The molecule has 24 heavy (non-hydrogen) atoms. The summed E-state index contributed by atoms with van der Waals surface area (Å²) in [6.45, 7) is 0. The number of rotatable bonds is 3. The van der Waals surface area contributed by atoms with E-state index in [-0.39, 0.29) is 10.9 Å². The number of urea groups is 1. The highest BCUT2D eigenvalue weighted by Gasteiger charge is 2.31. The van der Waals surface area contributed by atoms with E-state index >= 15 is 0 Å². The number of carbonyl (C=O) groups excluding carboxylic acids is 1. The van der Waals surface area contributed by atoms with E-state index < -0.39 is 16.1 Å². The van der Waals surface area contributed by atoms with Crippen LogP contribution in [-0.2, 0) is 10.0 Å². The van der Waals surface area contributed by atoms with Crippen LogP contribution in [-0.4, -0.2) is 25.7 Å². The second kappa shape index (κ2) is 6.62. The predicted octanol–water partition coefficient (Wildman–Crippen LogP) is 3.17. The largest absolute Gasteiger partial charge is 0.352 e. The van der Waals surface area contributed by atoms with Crippen molar-refractivity contribution in [3.05, 3.63) is 65.2 Å². The van der Waals surface area contributed by atoms with Crippen molar-refractivity contribution in [1.29, 1.82) is 0 Å². The SMILES string of the molecule is O=C(NS(=O)(=O)c1ccc(Cl)cc1)N1N=CCC1c1ccccc1. The van der Waals surface area contributed by atoms with Crippen molar-refractivity contribution in [2.24, 2.45) is 5.10 Å². The van der Waals surface area contributed by atoms with Gasteiger partial charge in [0.2, 0.25) is 0 Å². The maximum absolute atomic E-state index is 12.4. The summed E-state index contributed by atoms with van der Waals surface area (Å²) >= 11 is 5.75. The van der Waals surface area contributed by atoms with Crippen molar-refractivity contribution in [3.63, 3.8) is 0 Å². The predicted molar refractivity (Wildman–Crippen MR) is 91.3 cm³/mol. The third-order valence-electron chi connectivity index (χ3n) is 3.57. The first-order chi connectivity index (χ1) is 11.5. The van der Waals surface area contributed by atoms with Crippen LogP contribution in [0.5, 0.6) is 0 Å². The molecule has 1 aliphatic rings. The van der Waals surface area contributed by atoms with E-state index in [4.69, 9.17) is 11.6 Å². The van der Waals surface area contributed by atoms with E-state index in [2.05, 4.69) is 5.10 Å². The van der Waals surface area contributed by atoms with Crippen LogP contribution >= 0.6 is 11.6 Å². The molecular formula is C16H14ClN3O3S. The Balaban J connectivity index is 1.79. The minimum absolute atomic E-state index is 0.0420. The first-order valence-corrected chi connectivity index (χ1v) is 9.02. The fraction of sp³-hybridized carbons (Fsp3) is 0.125. The van der Waals surface area contributed by atoms with Crippen LogP contribution in [0.1, 0.15) is 18.0 Å². The summed E-state index contributed by atoms with van der Waals surface area (Å²) < 4.78 is 26.6. The number of sulfonamides is 1. The molecule has 0 aromatic heterocycles. The lowest BCUT2D eigenvalue weighted by Gasteiger charge is -2.22. The second-order valence-electron chi connectivity index (χ2n) is 5.17. The van der Waals surface area contributed by atoms with Crippen LogP contribution in [0, 0.1) is 0 Å². The quantitative estimate of drug-likeness (QED) is 0.909. The molecule has 0 radical (unpaired) electrons. The number of hydrogen-bond donors (Lipinski definition) is 1. The number of benzene rings is 2. The third kappa shape index (κ3) is 3.42. The average molecular weight is 364 g/mol. The number of hydrazone groups is 1. The Morgan fingerprint density at radius 1 is 1.12 bits per heavy atom. The second-order valence-corrected chi connectivity index (χ2v) is 7.29. The highest BCUT2D eigenvalue weighted by Crippen LogP contribution is 2.28. The Kier molecular flexibility index (Phi) is 4.55. The highest BCUT2D eigenvalue weighted by molar-refractivity contribution is 7.90. The molecule has 0 saturated heterocycles. The Morgan fingerprint density at radius 2 is 1.79 bits per heavy atom. The van der Waals surface area contributed by atoms with Crippen LogP contribution in [0.25, 0.3) is 0 Å². The molecule has 6 nitrogen and oxygen atoms in total. The molecule has 124 valence electrons. The summed E-state index contributed by atoms with van der Waals surface area (Å²) in [4.78, 5) is 12.3. The zero-order valence-electron chi connectivity index (χ0n) is 12.5. The maximum Gasteiger partial charge on any atom is 0.352 e. The van der Waals surface area contributed by atoms with Gasteiger partial charge in [-0.3, -0.25) is 0 Å². The van der Waals surface area contributed by atoms with Gasteiger partial charge in [0, 0.05) is 17.7 Å². The van der Waals surface area contributed by atoms with Crippen molar-refractivity contribution in [3.8, 4) is 0 Å². The Bertz CT molecular complexity index is 867. The summed E-state index contributed by atoms with van der Waals surface area (Å²) in [5.74, 6) is 0. The third-order valence-corrected chi connectivity index (χ3v) is 5.16. The van der Waals surface area contributed by atoms with Gasteiger partial charge < -0.3 is 0 Å². The molecule has 3 rings (SSSR count). The molecular weight excluding hydrogens is 350 g/mol. The smallest absolute Gasteiger partial charge is 0.245 e. The molecule has 1 unspecified atom stereocenters. The van der Waals surface area contributed by atoms with Gasteiger partial charge in [-0.2, -0.15) is 5.10 Å². The number of hydrogen-bond acceptors (Lipinski definition) is 4. The molecule has 0 bridgehead atoms. The topological polar surface area (TPSA) is 78.8 Å². The van der Waals surface area contributed by atoms with Crippen LogP contribution in [0.4, 0.5) is 4.79 Å². The van der Waals surface area contributed by atoms with E-state index in [1.165, 1.54) is 24.3 Å². The molecule has 0 fully saturated rings. The summed E-state index contributed by atoms with van der Waals surface area (Å²) in [6, 6.07) is 13.7. The van der Waals surface area contributed by atoms with Crippen molar-refractivity contribution in [2.75, 3.05) is 0 Å². The first kappa shape index (κ1) is 16.5. The van der Waals surface area contributed by atoms with E-state index in [1.54, 1.807) is 6.21 Å². The molecule has 1 N–H and O–H groups in total. The van der Waals surface area contributed by atoms with Crippen LogP contribution in [0.15, 0.2) is 64.6 Å². The first-order valence-electron chi connectivity index (χ1n) is 7.16. The van der Waals surface area contributed by atoms with Gasteiger partial charge in [0.15, 0.2) is 0 Å². The summed E-state index contributed by atoms with van der Waals surface area (Å²) in [7, 11) is -3.99. The van der Waals surface area contributed by atoms with Gasteiger partial charge in [0.05, 0.1) is 10.9 Å². The monoisotopic (exact) mass is 363 g/mol. The number of carbonyl (C=O) groups is 1. The standard InChI is InChI=1S/C16H14ClN3O3S/c17-13-6-8-14(9-7-13)24(22,23)19-16(21)20-15(10-11-18-20)12-4-2-1-3-5-12/h1-9,11,15H,10H2,(H,19,21). The number of nitrogens with zero attached hydrogens (tertiary/aromatic N) is 2. The molecule has 1 aliphatic heterocycles. The molecule has 0 spiro atoms. The summed E-state index contributed by atoms with van der Waals surface area (Å²) in [5, 5.41) is 5.55. The molecule has 2 aromatic carbocycles. The molecule has 1 atom stereocenters. The fourth-order valence-electron chi connectivity index (χ4n) is 2.40. The van der Waals surface area contributed by atoms with Crippen molar-refractivity contribution >= 4 is 33.9 Å². The van der Waals surface area contributed by atoms with Gasteiger partial charge in [-0.25, -0.2) is 22.9 Å². The van der Waals surface area contributed by atoms with Gasteiger partial charge >= 0.3 is 6.03 Å². The van der Waals surface area contributed by atoms with E-state index in [1.807, 2.05) is 35.1 Å². The van der Waals surface area contributed by atoms with E-state index in [9.17, 15) is 13.2 Å². The zero-order chi connectivity index (χ0) is 17.2. The van der Waals surface area contributed by atoms with Crippen molar-refractivity contribution < 1.29 is 13.2 Å². The molecule has 2 aromatic rings. The Hall–Kier alpha value is -2.38. The van der Waals surface area contributed by atoms with E-state index in [0.717, 1.165) is 10.6 Å². The molecule has 0 aliphatic carbocycles. The number of amides is 2. The lowest BCUT2D eigenvalue weighted by atomic mass is 10.1. The van der Waals surface area contributed by atoms with Gasteiger partial charge in [-0.15, -0.1) is 0 Å². The highest BCUT2D eigenvalue weighted by atomic mass is 35.5. The van der Waals surface area contributed by atoms with Crippen molar-refractivity contribution in [1.82, 2.24) is 9.73 Å². The average Bonchev–Trinajstić information content (AvgIpc) is 3.05. The lowest BCUT2D eigenvalue weighted by Crippen LogP contribution is -2.40. The van der Waals surface area contributed by atoms with Crippen molar-refractivity contribution in [2.45, 2.75) is 17.4 Å². The van der Waals surface area contributed by atoms with Crippen LogP contribution in [0.3, 0.4) is 0 Å². The Morgan fingerprint density at radius 3 is 2.46 bits per heavy atom. The summed E-state index contributed by atoms with van der Waals surface area (Å²) in [6.07, 6.45) is 2.12. The van der Waals surface area contributed by atoms with Gasteiger partial charge in [0.25, 0.3) is 10.0 Å². The van der Waals surface area contributed by atoms with Crippen LogP contribution < -0.4 is 4.72 Å². The van der Waals surface area contributed by atoms with E-state index in [0.29, 0.717) is 11.4 Å². The summed E-state index contributed by atoms with van der Waals surface area (Å²) in [5.41, 5.74) is 0.883. The maximum atomic E-state index is 12.4. The number of nitrogens with one attached hydrogen (secondary N) is 1. The Labute approximate surface area is 144 Å². The van der Waals surface area contributed by atoms with Gasteiger partial charge in [-0.1, -0.05) is 41.9 Å². The lowest BCUT2D eigenvalue weighted by molar-refractivity contribution is 0.192. The minimum Gasteiger partial charge on any atom is -0.245 e. The zero-order valence-corrected chi connectivity index (χ0v) is 14.0. The fourth-order valence-corrected chi connectivity index (χ4v) is 3.46. The molecule has 0 saturated carbocycles. The number of halogens is 1. The molecule has 1 heterocycles. The van der Waals surface area contributed by atoms with Crippen LogP contribution in [0.2, 0.25) is 5.02 Å². The van der Waals surface area contributed by atoms with Gasteiger partial charge in [0.1, 0.15) is 0 Å². The molecule has 8 heteroatoms.